The van der Waals surface area contributed by atoms with E-state index in [0.29, 0.717) is 30.5 Å². The van der Waals surface area contributed by atoms with Gasteiger partial charge in [0, 0.05) is 36.8 Å². The van der Waals surface area contributed by atoms with Crippen molar-refractivity contribution in [3.05, 3.63) is 64.7 Å². The van der Waals surface area contributed by atoms with Gasteiger partial charge >= 0.3 is 6.03 Å². The molecule has 1 heterocycles. The first-order valence-corrected chi connectivity index (χ1v) is 10.5. The van der Waals surface area contributed by atoms with Gasteiger partial charge in [0.15, 0.2) is 0 Å². The minimum Gasteiger partial charge on any atom is -0.352 e. The average Bonchev–Trinajstić information content (AvgIpc) is 2.72. The van der Waals surface area contributed by atoms with Crippen LogP contribution in [0, 0.1) is 12.8 Å². The number of benzene rings is 2. The molecule has 29 heavy (non-hydrogen) atoms. The van der Waals surface area contributed by atoms with Crippen LogP contribution in [-0.2, 0) is 11.3 Å². The number of hydrogen-bond acceptors (Lipinski definition) is 2. The molecule has 0 radical (unpaired) electrons. The second-order valence-corrected chi connectivity index (χ2v) is 8.07. The van der Waals surface area contributed by atoms with E-state index in [4.69, 9.17) is 11.6 Å². The quantitative estimate of drug-likeness (QED) is 0.700. The number of rotatable bonds is 6. The number of piperidine rings is 1. The molecule has 1 aliphatic rings. The van der Waals surface area contributed by atoms with Crippen molar-refractivity contribution in [2.45, 2.75) is 39.2 Å². The summed E-state index contributed by atoms with van der Waals surface area (Å²) in [5.74, 6) is 0.365. The topological polar surface area (TPSA) is 61.4 Å². The zero-order valence-corrected chi connectivity index (χ0v) is 17.5. The van der Waals surface area contributed by atoms with Gasteiger partial charge in [-0.2, -0.15) is 0 Å². The van der Waals surface area contributed by atoms with Crippen molar-refractivity contribution in [1.82, 2.24) is 10.2 Å². The van der Waals surface area contributed by atoms with Crippen molar-refractivity contribution in [3.63, 3.8) is 0 Å². The van der Waals surface area contributed by atoms with E-state index >= 15 is 0 Å². The van der Waals surface area contributed by atoms with Gasteiger partial charge in [-0.3, -0.25) is 4.79 Å². The van der Waals surface area contributed by atoms with Crippen LogP contribution in [0.15, 0.2) is 48.5 Å². The summed E-state index contributed by atoms with van der Waals surface area (Å²) in [5.41, 5.74) is 2.84. The van der Waals surface area contributed by atoms with Crippen molar-refractivity contribution in [1.29, 1.82) is 0 Å². The van der Waals surface area contributed by atoms with E-state index < -0.39 is 0 Å². The summed E-state index contributed by atoms with van der Waals surface area (Å²) in [6.07, 6.45) is 3.25. The van der Waals surface area contributed by atoms with Crippen LogP contribution >= 0.6 is 11.6 Å². The SMILES string of the molecule is Cc1cccc(NC(=O)N2CCC[C@H](CCC(=O)NCc3ccccc3Cl)C2)c1. The van der Waals surface area contributed by atoms with Gasteiger partial charge in [0.05, 0.1) is 0 Å². The Kier molecular flexibility index (Phi) is 7.53. The molecule has 1 aliphatic heterocycles. The maximum absolute atomic E-state index is 12.6. The molecule has 0 spiro atoms. The van der Waals surface area contributed by atoms with Crippen molar-refractivity contribution < 1.29 is 9.59 Å². The van der Waals surface area contributed by atoms with Gasteiger partial charge in [-0.15, -0.1) is 0 Å². The standard InChI is InChI=1S/C23H28ClN3O2/c1-17-6-4-9-20(14-17)26-23(29)27-13-5-7-18(16-27)11-12-22(28)25-15-19-8-2-3-10-21(19)24/h2-4,6,8-10,14,18H,5,7,11-13,15-16H2,1H3,(H,25,28)(H,26,29)/t18-/m1/s1. The Balaban J connectivity index is 1.42. The Morgan fingerprint density at radius 3 is 2.79 bits per heavy atom. The Labute approximate surface area is 177 Å². The van der Waals surface area contributed by atoms with Gasteiger partial charge in [0.1, 0.15) is 0 Å². The molecular formula is C23H28ClN3O2. The molecule has 1 atom stereocenters. The van der Waals surface area contributed by atoms with Crippen LogP contribution in [0.25, 0.3) is 0 Å². The van der Waals surface area contributed by atoms with Crippen LogP contribution < -0.4 is 10.6 Å². The summed E-state index contributed by atoms with van der Waals surface area (Å²) >= 11 is 6.12. The predicted molar refractivity (Wildman–Crippen MR) is 117 cm³/mol. The molecule has 5 nitrogen and oxygen atoms in total. The Morgan fingerprint density at radius 2 is 2.00 bits per heavy atom. The maximum Gasteiger partial charge on any atom is 0.321 e. The number of urea groups is 1. The average molecular weight is 414 g/mol. The molecule has 3 rings (SSSR count). The summed E-state index contributed by atoms with van der Waals surface area (Å²) in [4.78, 5) is 26.6. The van der Waals surface area contributed by atoms with Gasteiger partial charge in [-0.1, -0.05) is 41.9 Å². The van der Waals surface area contributed by atoms with E-state index in [0.717, 1.165) is 42.6 Å². The summed E-state index contributed by atoms with van der Waals surface area (Å²) in [6.45, 7) is 3.89. The lowest BCUT2D eigenvalue weighted by molar-refractivity contribution is -0.121. The van der Waals surface area contributed by atoms with E-state index in [2.05, 4.69) is 10.6 Å². The molecule has 1 saturated heterocycles. The van der Waals surface area contributed by atoms with E-state index in [-0.39, 0.29) is 11.9 Å². The number of halogens is 1. The van der Waals surface area contributed by atoms with Crippen molar-refractivity contribution >= 4 is 29.2 Å². The van der Waals surface area contributed by atoms with Crippen LogP contribution in [0.4, 0.5) is 10.5 Å². The maximum atomic E-state index is 12.6. The van der Waals surface area contributed by atoms with Gasteiger partial charge in [0.25, 0.3) is 0 Å². The third-order valence-electron chi connectivity index (χ3n) is 5.29. The van der Waals surface area contributed by atoms with Gasteiger partial charge in [-0.25, -0.2) is 4.79 Å². The predicted octanol–water partition coefficient (Wildman–Crippen LogP) is 4.99. The minimum absolute atomic E-state index is 0.0197. The van der Waals surface area contributed by atoms with E-state index in [1.54, 1.807) is 0 Å². The molecule has 0 aliphatic carbocycles. The van der Waals surface area contributed by atoms with E-state index in [9.17, 15) is 9.59 Å². The van der Waals surface area contributed by atoms with Crippen LogP contribution in [0.1, 0.15) is 36.8 Å². The summed E-state index contributed by atoms with van der Waals surface area (Å²) in [7, 11) is 0. The van der Waals surface area contributed by atoms with Gasteiger partial charge in [0.2, 0.25) is 5.91 Å². The minimum atomic E-state index is -0.0662. The Morgan fingerprint density at radius 1 is 1.17 bits per heavy atom. The van der Waals surface area contributed by atoms with Crippen LogP contribution in [0.2, 0.25) is 5.02 Å². The van der Waals surface area contributed by atoms with Crippen molar-refractivity contribution in [2.24, 2.45) is 5.92 Å². The zero-order chi connectivity index (χ0) is 20.6. The first-order valence-electron chi connectivity index (χ1n) is 10.1. The summed E-state index contributed by atoms with van der Waals surface area (Å²) in [6, 6.07) is 15.2. The molecule has 154 valence electrons. The molecule has 2 aromatic carbocycles. The van der Waals surface area contributed by atoms with Gasteiger partial charge in [-0.05, 0) is 61.4 Å². The molecule has 6 heteroatoms. The molecule has 2 N–H and O–H groups in total. The third kappa shape index (κ3) is 6.50. The second-order valence-electron chi connectivity index (χ2n) is 7.66. The number of nitrogens with zero attached hydrogens (tertiary/aromatic N) is 1. The highest BCUT2D eigenvalue weighted by atomic mass is 35.5. The second kappa shape index (κ2) is 10.3. The lowest BCUT2D eigenvalue weighted by Gasteiger charge is -2.32. The lowest BCUT2D eigenvalue weighted by atomic mass is 9.93. The normalized spacial score (nSPS) is 16.3. The highest BCUT2D eigenvalue weighted by Crippen LogP contribution is 2.22. The van der Waals surface area contributed by atoms with Crippen LogP contribution in [0.5, 0.6) is 0 Å². The zero-order valence-electron chi connectivity index (χ0n) is 16.8. The van der Waals surface area contributed by atoms with Crippen molar-refractivity contribution in [2.75, 3.05) is 18.4 Å². The summed E-state index contributed by atoms with van der Waals surface area (Å²) < 4.78 is 0. The number of aryl methyl sites for hydroxylation is 1. The van der Waals surface area contributed by atoms with Gasteiger partial charge < -0.3 is 15.5 Å². The van der Waals surface area contributed by atoms with Crippen molar-refractivity contribution in [3.8, 4) is 0 Å². The number of anilines is 1. The van der Waals surface area contributed by atoms with E-state index in [1.165, 1.54) is 0 Å². The highest BCUT2D eigenvalue weighted by Gasteiger charge is 2.24. The smallest absolute Gasteiger partial charge is 0.321 e. The third-order valence-corrected chi connectivity index (χ3v) is 5.66. The fraction of sp³-hybridized carbons (Fsp3) is 0.391. The molecule has 3 amide bonds. The monoisotopic (exact) mass is 413 g/mol. The fourth-order valence-electron chi connectivity index (χ4n) is 3.67. The molecular weight excluding hydrogens is 386 g/mol. The van der Waals surface area contributed by atoms with E-state index in [1.807, 2.05) is 60.4 Å². The molecule has 0 saturated carbocycles. The molecule has 0 unspecified atom stereocenters. The first-order chi connectivity index (χ1) is 14.0. The number of carbonyl (C=O) groups is 2. The number of carbonyl (C=O) groups excluding carboxylic acids is 2. The molecule has 1 fully saturated rings. The molecule has 0 bridgehead atoms. The Hall–Kier alpha value is -2.53. The molecule has 2 aromatic rings. The first kappa shape index (κ1) is 21.2. The molecule has 0 aromatic heterocycles. The lowest BCUT2D eigenvalue weighted by Crippen LogP contribution is -2.42. The summed E-state index contributed by atoms with van der Waals surface area (Å²) in [5, 5.41) is 6.57. The highest BCUT2D eigenvalue weighted by molar-refractivity contribution is 6.31. The van der Waals surface area contributed by atoms with Crippen LogP contribution in [0.3, 0.4) is 0 Å². The van der Waals surface area contributed by atoms with Crippen LogP contribution in [-0.4, -0.2) is 29.9 Å². The number of amides is 3. The Bertz CT molecular complexity index is 856. The largest absolute Gasteiger partial charge is 0.352 e. The number of likely N-dealkylation sites (tertiary alicyclic amines) is 1. The number of hydrogen-bond donors (Lipinski definition) is 2. The number of nitrogens with one attached hydrogen (secondary N) is 2. The fourth-order valence-corrected chi connectivity index (χ4v) is 3.87.